The lowest BCUT2D eigenvalue weighted by atomic mass is 10.1. The summed E-state index contributed by atoms with van der Waals surface area (Å²) in [7, 11) is 1.81. The monoisotopic (exact) mass is 231 g/mol. The predicted octanol–water partition coefficient (Wildman–Crippen LogP) is 1.64. The number of ether oxygens (including phenoxy) is 1. The van der Waals surface area contributed by atoms with Crippen molar-refractivity contribution in [3.63, 3.8) is 0 Å². The Kier molecular flexibility index (Phi) is 3.76. The Bertz CT molecular complexity index is 341. The van der Waals surface area contributed by atoms with Gasteiger partial charge in [-0.25, -0.2) is 0 Å². The summed E-state index contributed by atoms with van der Waals surface area (Å²) in [6.45, 7) is 6.71. The second-order valence-electron chi connectivity index (χ2n) is 4.46. The summed E-state index contributed by atoms with van der Waals surface area (Å²) in [5.41, 5.74) is 7.32. The van der Waals surface area contributed by atoms with Gasteiger partial charge in [0.15, 0.2) is 0 Å². The number of hydrogen-bond acceptors (Lipinski definition) is 3. The fraction of sp³-hybridized carbons (Fsp3) is 0.700. The molecule has 0 saturated heterocycles. The van der Waals surface area contributed by atoms with E-state index in [4.69, 9.17) is 22.1 Å². The van der Waals surface area contributed by atoms with Gasteiger partial charge in [0, 0.05) is 18.2 Å². The van der Waals surface area contributed by atoms with Crippen molar-refractivity contribution in [2.75, 3.05) is 6.61 Å². The van der Waals surface area contributed by atoms with E-state index in [0.29, 0.717) is 18.4 Å². The van der Waals surface area contributed by atoms with E-state index in [2.05, 4.69) is 5.10 Å². The van der Waals surface area contributed by atoms with Crippen molar-refractivity contribution in [2.45, 2.75) is 32.9 Å². The Morgan fingerprint density at radius 2 is 2.13 bits per heavy atom. The van der Waals surface area contributed by atoms with Gasteiger partial charge in [-0.2, -0.15) is 5.10 Å². The SMILES string of the molecule is Cc1nn(C)c(Cl)c1COCC(C)(C)N. The van der Waals surface area contributed by atoms with Crippen LogP contribution >= 0.6 is 11.6 Å². The van der Waals surface area contributed by atoms with E-state index in [-0.39, 0.29) is 5.54 Å². The Morgan fingerprint density at radius 3 is 2.53 bits per heavy atom. The first-order valence-electron chi connectivity index (χ1n) is 4.86. The minimum Gasteiger partial charge on any atom is -0.375 e. The van der Waals surface area contributed by atoms with Crippen molar-refractivity contribution in [3.05, 3.63) is 16.4 Å². The standard InChI is InChI=1S/C10H18ClN3O/c1-7-8(9(11)14(4)13-7)5-15-6-10(2,3)12/h5-6,12H2,1-4H3. The van der Waals surface area contributed by atoms with Crippen molar-refractivity contribution in [1.29, 1.82) is 0 Å². The molecule has 0 amide bonds. The van der Waals surface area contributed by atoms with Gasteiger partial charge in [-0.05, 0) is 20.8 Å². The number of aryl methyl sites for hydroxylation is 2. The molecule has 0 aliphatic carbocycles. The first-order valence-corrected chi connectivity index (χ1v) is 5.23. The third-order valence-electron chi connectivity index (χ3n) is 1.99. The highest BCUT2D eigenvalue weighted by Crippen LogP contribution is 2.19. The normalized spacial score (nSPS) is 12.1. The smallest absolute Gasteiger partial charge is 0.132 e. The number of aromatic nitrogens is 2. The third-order valence-corrected chi connectivity index (χ3v) is 2.46. The average molecular weight is 232 g/mol. The van der Waals surface area contributed by atoms with Crippen molar-refractivity contribution >= 4 is 11.6 Å². The zero-order valence-corrected chi connectivity index (χ0v) is 10.4. The molecule has 0 saturated carbocycles. The highest BCUT2D eigenvalue weighted by molar-refractivity contribution is 6.30. The Balaban J connectivity index is 2.58. The molecule has 15 heavy (non-hydrogen) atoms. The van der Waals surface area contributed by atoms with Crippen LogP contribution in [0.4, 0.5) is 0 Å². The van der Waals surface area contributed by atoms with Crippen molar-refractivity contribution in [3.8, 4) is 0 Å². The van der Waals surface area contributed by atoms with Crippen LogP contribution in [0.3, 0.4) is 0 Å². The summed E-state index contributed by atoms with van der Waals surface area (Å²) >= 11 is 6.05. The van der Waals surface area contributed by atoms with E-state index < -0.39 is 0 Å². The fourth-order valence-electron chi connectivity index (χ4n) is 1.25. The largest absolute Gasteiger partial charge is 0.375 e. The molecular weight excluding hydrogens is 214 g/mol. The number of nitrogens with two attached hydrogens (primary N) is 1. The molecule has 0 unspecified atom stereocenters. The molecule has 1 aromatic heterocycles. The molecule has 1 heterocycles. The van der Waals surface area contributed by atoms with Gasteiger partial charge in [0.1, 0.15) is 5.15 Å². The molecule has 0 aliphatic rings. The van der Waals surface area contributed by atoms with Gasteiger partial charge in [-0.15, -0.1) is 0 Å². The van der Waals surface area contributed by atoms with E-state index in [1.165, 1.54) is 0 Å². The van der Waals surface area contributed by atoms with Crippen LogP contribution in [0.2, 0.25) is 5.15 Å². The molecule has 0 bridgehead atoms. The van der Waals surface area contributed by atoms with Crippen LogP contribution in [0.1, 0.15) is 25.1 Å². The Hall–Kier alpha value is -0.580. The van der Waals surface area contributed by atoms with Crippen LogP contribution in [-0.2, 0) is 18.4 Å². The predicted molar refractivity (Wildman–Crippen MR) is 60.9 cm³/mol. The number of nitrogens with zero attached hydrogens (tertiary/aromatic N) is 2. The zero-order chi connectivity index (χ0) is 11.6. The Morgan fingerprint density at radius 1 is 1.53 bits per heavy atom. The molecule has 2 N–H and O–H groups in total. The topological polar surface area (TPSA) is 53.1 Å². The fourth-order valence-corrected chi connectivity index (χ4v) is 1.48. The molecule has 0 aliphatic heterocycles. The van der Waals surface area contributed by atoms with Crippen molar-refractivity contribution in [1.82, 2.24) is 9.78 Å². The molecule has 1 aromatic rings. The van der Waals surface area contributed by atoms with Crippen LogP contribution in [0.5, 0.6) is 0 Å². The summed E-state index contributed by atoms with van der Waals surface area (Å²) in [4.78, 5) is 0. The first kappa shape index (κ1) is 12.5. The second kappa shape index (κ2) is 4.51. The van der Waals surface area contributed by atoms with Gasteiger partial charge in [-0.3, -0.25) is 4.68 Å². The van der Waals surface area contributed by atoms with Crippen molar-refractivity contribution in [2.24, 2.45) is 12.8 Å². The van der Waals surface area contributed by atoms with Crippen LogP contribution in [0.25, 0.3) is 0 Å². The number of halogens is 1. The van der Waals surface area contributed by atoms with E-state index in [1.807, 2.05) is 27.8 Å². The van der Waals surface area contributed by atoms with Gasteiger partial charge < -0.3 is 10.5 Å². The van der Waals surface area contributed by atoms with Crippen LogP contribution in [-0.4, -0.2) is 21.9 Å². The van der Waals surface area contributed by atoms with E-state index >= 15 is 0 Å². The highest BCUT2D eigenvalue weighted by atomic mass is 35.5. The van der Waals surface area contributed by atoms with E-state index in [0.717, 1.165) is 11.3 Å². The molecule has 0 fully saturated rings. The summed E-state index contributed by atoms with van der Waals surface area (Å²) in [6.07, 6.45) is 0. The number of hydrogen-bond donors (Lipinski definition) is 1. The molecule has 1 rings (SSSR count). The van der Waals surface area contributed by atoms with Gasteiger partial charge >= 0.3 is 0 Å². The molecule has 4 nitrogen and oxygen atoms in total. The molecular formula is C10H18ClN3O. The average Bonchev–Trinajstić information content (AvgIpc) is 2.29. The molecule has 0 aromatic carbocycles. The minimum absolute atomic E-state index is 0.317. The van der Waals surface area contributed by atoms with Gasteiger partial charge in [0.25, 0.3) is 0 Å². The summed E-state index contributed by atoms with van der Waals surface area (Å²) in [5, 5.41) is 4.83. The zero-order valence-electron chi connectivity index (χ0n) is 9.67. The lowest BCUT2D eigenvalue weighted by Crippen LogP contribution is -2.37. The molecule has 0 atom stereocenters. The van der Waals surface area contributed by atoms with Crippen molar-refractivity contribution < 1.29 is 4.74 Å². The van der Waals surface area contributed by atoms with Crippen LogP contribution in [0.15, 0.2) is 0 Å². The lowest BCUT2D eigenvalue weighted by molar-refractivity contribution is 0.0848. The maximum atomic E-state index is 6.05. The second-order valence-corrected chi connectivity index (χ2v) is 4.82. The molecule has 5 heteroatoms. The Labute approximate surface area is 95.3 Å². The lowest BCUT2D eigenvalue weighted by Gasteiger charge is -2.18. The number of rotatable bonds is 4. The molecule has 0 radical (unpaired) electrons. The van der Waals surface area contributed by atoms with Crippen LogP contribution < -0.4 is 5.73 Å². The van der Waals surface area contributed by atoms with E-state index in [9.17, 15) is 0 Å². The van der Waals surface area contributed by atoms with Gasteiger partial charge in [0.2, 0.25) is 0 Å². The molecule has 86 valence electrons. The summed E-state index contributed by atoms with van der Waals surface area (Å²) in [5.74, 6) is 0. The highest BCUT2D eigenvalue weighted by Gasteiger charge is 2.14. The quantitative estimate of drug-likeness (QED) is 0.857. The molecule has 0 spiro atoms. The minimum atomic E-state index is -0.317. The first-order chi connectivity index (χ1) is 6.81. The summed E-state index contributed by atoms with van der Waals surface area (Å²) < 4.78 is 7.14. The van der Waals surface area contributed by atoms with Gasteiger partial charge in [-0.1, -0.05) is 11.6 Å². The van der Waals surface area contributed by atoms with Gasteiger partial charge in [0.05, 0.1) is 18.9 Å². The van der Waals surface area contributed by atoms with Crippen LogP contribution in [0, 0.1) is 6.92 Å². The third kappa shape index (κ3) is 3.48. The summed E-state index contributed by atoms with van der Waals surface area (Å²) in [6, 6.07) is 0. The van der Waals surface area contributed by atoms with E-state index in [1.54, 1.807) is 4.68 Å². The maximum Gasteiger partial charge on any atom is 0.132 e. The maximum absolute atomic E-state index is 6.05.